The molecule has 28 heavy (non-hydrogen) atoms. The summed E-state index contributed by atoms with van der Waals surface area (Å²) in [4.78, 5) is 7.85. The average Bonchev–Trinajstić information content (AvgIpc) is 3.25. The quantitative estimate of drug-likeness (QED) is 0.200. The number of nitrogens with one attached hydrogen (secondary N) is 3. The van der Waals surface area contributed by atoms with E-state index in [0.29, 0.717) is 17.2 Å². The number of para-hydroxylation sites is 1. The third-order valence-corrected chi connectivity index (χ3v) is 5.35. The summed E-state index contributed by atoms with van der Waals surface area (Å²) in [6.07, 6.45) is 1.77. The van der Waals surface area contributed by atoms with Gasteiger partial charge in [-0.25, -0.2) is 4.99 Å². The predicted octanol–water partition coefficient (Wildman–Crippen LogP) is 5.50. The van der Waals surface area contributed by atoms with Gasteiger partial charge >= 0.3 is 0 Å². The maximum atomic E-state index is 9.62. The van der Waals surface area contributed by atoms with Crippen LogP contribution in [0.3, 0.4) is 0 Å². The van der Waals surface area contributed by atoms with E-state index < -0.39 is 0 Å². The highest BCUT2D eigenvalue weighted by Gasteiger charge is 2.13. The van der Waals surface area contributed by atoms with Crippen LogP contribution in [-0.4, -0.2) is 21.4 Å². The van der Waals surface area contributed by atoms with Crippen LogP contribution < -0.4 is 5.32 Å². The van der Waals surface area contributed by atoms with Crippen molar-refractivity contribution in [3.63, 3.8) is 0 Å². The molecule has 0 saturated carbocycles. The average molecular weight is 480 g/mol. The molecule has 0 amide bonds. The van der Waals surface area contributed by atoms with Crippen LogP contribution in [0.5, 0.6) is 0 Å². The summed E-state index contributed by atoms with van der Waals surface area (Å²) in [5, 5.41) is 21.0. The molecule has 0 bridgehead atoms. The molecule has 2 aromatic carbocycles. The Morgan fingerprint density at radius 2 is 2.11 bits per heavy atom. The van der Waals surface area contributed by atoms with Crippen molar-refractivity contribution in [2.45, 2.75) is 11.4 Å². The summed E-state index contributed by atoms with van der Waals surface area (Å²) in [6, 6.07) is 18.3. The number of rotatable bonds is 5. The van der Waals surface area contributed by atoms with Crippen LogP contribution >= 0.6 is 22.6 Å². The molecule has 3 N–H and O–H groups in total. The number of aromatic nitrogens is 3. The number of alkyl halides is 1. The zero-order chi connectivity index (χ0) is 19.5. The first-order valence-electron chi connectivity index (χ1n) is 8.71. The molecule has 0 aliphatic carbocycles. The fraction of sp³-hybridized carbons (Fsp3) is 0.0952. The van der Waals surface area contributed by atoms with Crippen LogP contribution in [0.25, 0.3) is 10.9 Å². The Balaban J connectivity index is 1.65. The van der Waals surface area contributed by atoms with E-state index in [2.05, 4.69) is 60.2 Å². The minimum Gasteiger partial charge on any atom is -0.358 e. The number of halogens is 1. The summed E-state index contributed by atoms with van der Waals surface area (Å²) in [5.74, 6) is 0.899. The van der Waals surface area contributed by atoms with Crippen molar-refractivity contribution in [3.05, 3.63) is 70.9 Å². The maximum absolute atomic E-state index is 9.62. The predicted molar refractivity (Wildman–Crippen MR) is 121 cm³/mol. The van der Waals surface area contributed by atoms with Gasteiger partial charge in [0.15, 0.2) is 11.6 Å². The third kappa shape index (κ3) is 3.51. The molecule has 0 unspecified atom stereocenters. The molecule has 4 aromatic rings. The summed E-state index contributed by atoms with van der Waals surface area (Å²) in [5.41, 5.74) is 5.56. The number of aromatic amines is 2. The minimum absolute atomic E-state index is 0.383. The zero-order valence-electron chi connectivity index (χ0n) is 15.1. The van der Waals surface area contributed by atoms with Crippen molar-refractivity contribution in [2.24, 2.45) is 4.99 Å². The van der Waals surface area contributed by atoms with Crippen molar-refractivity contribution >= 4 is 57.0 Å². The van der Waals surface area contributed by atoms with Crippen LogP contribution in [0, 0.1) is 18.3 Å². The number of hydrogen-bond donors (Lipinski definition) is 3. The standard InChI is InChI=1S/C21H17IN6/c1-13-18(16-7-2-3-8-19(16)25-13)12-24-20-17(11-23)21(28-27-20)26-15-6-4-5-14(9-15)10-22/h2-9,12,25H,10H2,1H3,(H2,26,27,28)/b24-12+. The van der Waals surface area contributed by atoms with Crippen molar-refractivity contribution in [1.82, 2.24) is 15.2 Å². The SMILES string of the molecule is Cc1[nH]c2ccccc2c1/C=N/c1[nH]nc(Nc2cccc(CI)c2)c1C#N. The first kappa shape index (κ1) is 18.3. The van der Waals surface area contributed by atoms with Crippen molar-refractivity contribution < 1.29 is 0 Å². The van der Waals surface area contributed by atoms with Crippen molar-refractivity contribution in [2.75, 3.05) is 5.32 Å². The summed E-state index contributed by atoms with van der Waals surface area (Å²) >= 11 is 2.32. The molecule has 2 aromatic heterocycles. The van der Waals surface area contributed by atoms with Gasteiger partial charge in [0, 0.05) is 38.5 Å². The van der Waals surface area contributed by atoms with Gasteiger partial charge in [-0.2, -0.15) is 10.4 Å². The van der Waals surface area contributed by atoms with Gasteiger partial charge in [-0.15, -0.1) is 0 Å². The molecule has 7 heteroatoms. The first-order chi connectivity index (χ1) is 13.7. The molecule has 0 aliphatic rings. The van der Waals surface area contributed by atoms with Crippen LogP contribution in [0.1, 0.15) is 22.4 Å². The van der Waals surface area contributed by atoms with Gasteiger partial charge < -0.3 is 10.3 Å². The van der Waals surface area contributed by atoms with Crippen molar-refractivity contribution in [1.29, 1.82) is 5.26 Å². The minimum atomic E-state index is 0.383. The molecule has 0 spiro atoms. The number of benzene rings is 2. The van der Waals surface area contributed by atoms with Gasteiger partial charge in [0.2, 0.25) is 0 Å². The Labute approximate surface area is 175 Å². The second-order valence-corrected chi connectivity index (χ2v) is 7.10. The Morgan fingerprint density at radius 1 is 1.25 bits per heavy atom. The van der Waals surface area contributed by atoms with Crippen LogP contribution in [-0.2, 0) is 4.43 Å². The second kappa shape index (κ2) is 7.86. The topological polar surface area (TPSA) is 92.7 Å². The van der Waals surface area contributed by atoms with E-state index >= 15 is 0 Å². The molecule has 4 rings (SSSR count). The second-order valence-electron chi connectivity index (χ2n) is 6.33. The Kier molecular flexibility index (Phi) is 5.12. The Hall–Kier alpha value is -3.12. The number of hydrogen-bond acceptors (Lipinski definition) is 4. The van der Waals surface area contributed by atoms with E-state index in [1.165, 1.54) is 5.56 Å². The fourth-order valence-corrected chi connectivity index (χ4v) is 3.56. The Bertz CT molecular complexity index is 1210. The van der Waals surface area contributed by atoms with E-state index in [1.807, 2.05) is 49.4 Å². The number of fused-ring (bicyclic) bond motifs is 1. The molecule has 0 atom stereocenters. The maximum Gasteiger partial charge on any atom is 0.172 e. The van der Waals surface area contributed by atoms with Crippen LogP contribution in [0.4, 0.5) is 17.3 Å². The number of nitrogens with zero attached hydrogens (tertiary/aromatic N) is 3. The highest BCUT2D eigenvalue weighted by Crippen LogP contribution is 2.27. The van der Waals surface area contributed by atoms with Crippen molar-refractivity contribution in [3.8, 4) is 6.07 Å². The van der Waals surface area contributed by atoms with Gasteiger partial charge in [0.05, 0.1) is 0 Å². The molecule has 0 fully saturated rings. The van der Waals surface area contributed by atoms with Gasteiger partial charge in [0.25, 0.3) is 0 Å². The smallest absolute Gasteiger partial charge is 0.172 e. The van der Waals surface area contributed by atoms with Gasteiger partial charge in [-0.1, -0.05) is 52.9 Å². The van der Waals surface area contributed by atoms with Crippen LogP contribution in [0.2, 0.25) is 0 Å². The first-order valence-corrected chi connectivity index (χ1v) is 10.2. The van der Waals surface area contributed by atoms with Gasteiger partial charge in [0.1, 0.15) is 11.6 Å². The Morgan fingerprint density at radius 3 is 2.93 bits per heavy atom. The normalized spacial score (nSPS) is 11.2. The van der Waals surface area contributed by atoms with Crippen LogP contribution in [0.15, 0.2) is 53.5 Å². The molecular weight excluding hydrogens is 463 g/mol. The lowest BCUT2D eigenvalue weighted by Gasteiger charge is -2.04. The number of anilines is 2. The third-order valence-electron chi connectivity index (χ3n) is 4.47. The lowest BCUT2D eigenvalue weighted by molar-refractivity contribution is 1.09. The number of aliphatic imine (C=N–C) groups is 1. The summed E-state index contributed by atoms with van der Waals surface area (Å²) in [7, 11) is 0. The number of aryl methyl sites for hydroxylation is 1. The molecule has 0 radical (unpaired) electrons. The molecule has 2 heterocycles. The largest absolute Gasteiger partial charge is 0.358 e. The number of nitriles is 1. The monoisotopic (exact) mass is 480 g/mol. The lowest BCUT2D eigenvalue weighted by atomic mass is 10.1. The summed E-state index contributed by atoms with van der Waals surface area (Å²) < 4.78 is 0.915. The van der Waals surface area contributed by atoms with E-state index in [-0.39, 0.29) is 0 Å². The summed E-state index contributed by atoms with van der Waals surface area (Å²) in [6.45, 7) is 2.01. The van der Waals surface area contributed by atoms with Gasteiger partial charge in [-0.3, -0.25) is 5.10 Å². The number of H-pyrrole nitrogens is 2. The highest BCUT2D eigenvalue weighted by atomic mass is 127. The fourth-order valence-electron chi connectivity index (χ4n) is 3.09. The van der Waals surface area contributed by atoms with E-state index in [0.717, 1.165) is 32.3 Å². The van der Waals surface area contributed by atoms with E-state index in [1.54, 1.807) is 6.21 Å². The molecule has 138 valence electrons. The zero-order valence-corrected chi connectivity index (χ0v) is 17.3. The van der Waals surface area contributed by atoms with E-state index in [9.17, 15) is 5.26 Å². The van der Waals surface area contributed by atoms with E-state index in [4.69, 9.17) is 0 Å². The molecule has 0 aliphatic heterocycles. The molecule has 6 nitrogen and oxygen atoms in total. The molecule has 0 saturated heterocycles. The molecular formula is C21H17IN6. The highest BCUT2D eigenvalue weighted by molar-refractivity contribution is 14.1. The van der Waals surface area contributed by atoms with Gasteiger partial charge in [-0.05, 0) is 30.7 Å². The lowest BCUT2D eigenvalue weighted by Crippen LogP contribution is -1.93.